The molecule has 100 valence electrons. The molecule has 0 radical (unpaired) electrons. The summed E-state index contributed by atoms with van der Waals surface area (Å²) in [5, 5.41) is 4.13. The van der Waals surface area contributed by atoms with Crippen LogP contribution in [-0.2, 0) is 6.54 Å². The number of rotatable bonds is 4. The minimum Gasteiger partial charge on any atom is -0.350 e. The Labute approximate surface area is 117 Å². The first-order chi connectivity index (χ1) is 9.84. The third-order valence-corrected chi connectivity index (χ3v) is 3.26. The summed E-state index contributed by atoms with van der Waals surface area (Å²) in [6, 6.07) is 13.7. The first kappa shape index (κ1) is 12.4. The molecule has 4 nitrogen and oxygen atoms in total. The topological polar surface area (TPSA) is 46.9 Å². The maximum Gasteiger partial charge on any atom is 0.251 e. The monoisotopic (exact) mass is 265 g/mol. The molecule has 0 atom stereocenters. The van der Waals surface area contributed by atoms with Crippen LogP contribution in [0.5, 0.6) is 0 Å². The molecular formula is C16H15N3O. The number of hydrogen-bond donors (Lipinski definition) is 1. The van der Waals surface area contributed by atoms with E-state index in [4.69, 9.17) is 0 Å². The van der Waals surface area contributed by atoms with Gasteiger partial charge in [0.2, 0.25) is 0 Å². The van der Waals surface area contributed by atoms with Crippen LogP contribution in [0.1, 0.15) is 10.4 Å². The van der Waals surface area contributed by atoms with Gasteiger partial charge in [-0.3, -0.25) is 9.78 Å². The number of para-hydroxylation sites is 1. The number of nitrogens with zero attached hydrogens (tertiary/aromatic N) is 2. The molecule has 2 aromatic heterocycles. The van der Waals surface area contributed by atoms with Crippen molar-refractivity contribution in [1.29, 1.82) is 0 Å². The Morgan fingerprint density at radius 3 is 2.75 bits per heavy atom. The van der Waals surface area contributed by atoms with E-state index in [1.165, 1.54) is 10.9 Å². The van der Waals surface area contributed by atoms with Crippen molar-refractivity contribution in [2.24, 2.45) is 0 Å². The zero-order chi connectivity index (χ0) is 13.8. The number of nitrogens with one attached hydrogen (secondary N) is 1. The van der Waals surface area contributed by atoms with Crippen LogP contribution in [0.2, 0.25) is 0 Å². The van der Waals surface area contributed by atoms with Crippen LogP contribution in [0, 0.1) is 0 Å². The van der Waals surface area contributed by atoms with Crippen molar-refractivity contribution in [3.8, 4) is 0 Å². The molecule has 1 N–H and O–H groups in total. The van der Waals surface area contributed by atoms with Crippen molar-refractivity contribution in [3.05, 3.63) is 66.6 Å². The van der Waals surface area contributed by atoms with E-state index >= 15 is 0 Å². The Morgan fingerprint density at radius 1 is 1.10 bits per heavy atom. The smallest absolute Gasteiger partial charge is 0.251 e. The molecule has 0 aliphatic rings. The number of benzene rings is 1. The average Bonchev–Trinajstić information content (AvgIpc) is 2.92. The Balaban J connectivity index is 1.62. The van der Waals surface area contributed by atoms with E-state index in [0.717, 1.165) is 6.54 Å². The highest BCUT2D eigenvalue weighted by molar-refractivity contribution is 5.93. The maximum atomic E-state index is 11.9. The maximum absolute atomic E-state index is 11.9. The molecule has 20 heavy (non-hydrogen) atoms. The molecule has 1 amide bonds. The molecule has 0 fully saturated rings. The molecule has 3 aromatic rings. The molecule has 0 saturated carbocycles. The molecule has 0 saturated heterocycles. The SMILES string of the molecule is O=C(NCCn1ccc2ccccc21)c1ccncc1. The molecule has 1 aromatic carbocycles. The van der Waals surface area contributed by atoms with Crippen molar-refractivity contribution in [3.63, 3.8) is 0 Å². The van der Waals surface area contributed by atoms with E-state index in [9.17, 15) is 4.79 Å². The van der Waals surface area contributed by atoms with Crippen molar-refractivity contribution >= 4 is 16.8 Å². The molecule has 0 bridgehead atoms. The molecule has 4 heteroatoms. The first-order valence-corrected chi connectivity index (χ1v) is 6.57. The fraction of sp³-hybridized carbons (Fsp3) is 0.125. The summed E-state index contributed by atoms with van der Waals surface area (Å²) in [5.41, 5.74) is 1.82. The summed E-state index contributed by atoms with van der Waals surface area (Å²) in [5.74, 6) is -0.0659. The van der Waals surface area contributed by atoms with Crippen LogP contribution in [-0.4, -0.2) is 22.0 Å². The molecular weight excluding hydrogens is 250 g/mol. The van der Waals surface area contributed by atoms with Gasteiger partial charge in [-0.25, -0.2) is 0 Å². The van der Waals surface area contributed by atoms with E-state index in [0.29, 0.717) is 12.1 Å². The van der Waals surface area contributed by atoms with Crippen LogP contribution >= 0.6 is 0 Å². The van der Waals surface area contributed by atoms with Gasteiger partial charge in [0.25, 0.3) is 5.91 Å². The van der Waals surface area contributed by atoms with E-state index in [-0.39, 0.29) is 5.91 Å². The number of pyridine rings is 1. The van der Waals surface area contributed by atoms with Gasteiger partial charge in [-0.15, -0.1) is 0 Å². The number of fused-ring (bicyclic) bond motifs is 1. The Bertz CT molecular complexity index is 719. The highest BCUT2D eigenvalue weighted by Gasteiger charge is 2.04. The molecule has 0 spiro atoms. The predicted molar refractivity (Wildman–Crippen MR) is 78.5 cm³/mol. The summed E-state index contributed by atoms with van der Waals surface area (Å²) < 4.78 is 2.14. The lowest BCUT2D eigenvalue weighted by atomic mass is 10.2. The second-order valence-electron chi connectivity index (χ2n) is 4.56. The lowest BCUT2D eigenvalue weighted by molar-refractivity contribution is 0.0952. The second-order valence-corrected chi connectivity index (χ2v) is 4.56. The lowest BCUT2D eigenvalue weighted by Crippen LogP contribution is -2.27. The van der Waals surface area contributed by atoms with Crippen molar-refractivity contribution in [1.82, 2.24) is 14.9 Å². The van der Waals surface area contributed by atoms with Crippen LogP contribution in [0.25, 0.3) is 10.9 Å². The molecule has 2 heterocycles. The van der Waals surface area contributed by atoms with Crippen LogP contribution in [0.15, 0.2) is 61.1 Å². The quantitative estimate of drug-likeness (QED) is 0.787. The summed E-state index contributed by atoms with van der Waals surface area (Å²) in [6.45, 7) is 1.35. The number of carbonyl (C=O) groups excluding carboxylic acids is 1. The molecule has 0 aliphatic heterocycles. The third kappa shape index (κ3) is 2.54. The van der Waals surface area contributed by atoms with E-state index in [1.54, 1.807) is 24.5 Å². The number of hydrogen-bond acceptors (Lipinski definition) is 2. The van der Waals surface area contributed by atoms with Crippen LogP contribution in [0.3, 0.4) is 0 Å². The Morgan fingerprint density at radius 2 is 1.90 bits per heavy atom. The van der Waals surface area contributed by atoms with Gasteiger partial charge in [0, 0.05) is 42.8 Å². The van der Waals surface area contributed by atoms with Crippen molar-refractivity contribution in [2.45, 2.75) is 6.54 Å². The van der Waals surface area contributed by atoms with Crippen molar-refractivity contribution < 1.29 is 4.79 Å². The zero-order valence-electron chi connectivity index (χ0n) is 11.0. The number of aromatic nitrogens is 2. The van der Waals surface area contributed by atoms with Gasteiger partial charge in [-0.05, 0) is 29.7 Å². The fourth-order valence-electron chi connectivity index (χ4n) is 2.23. The molecule has 0 unspecified atom stereocenters. The minimum absolute atomic E-state index is 0.0659. The summed E-state index contributed by atoms with van der Waals surface area (Å²) in [4.78, 5) is 15.8. The second kappa shape index (κ2) is 5.57. The van der Waals surface area contributed by atoms with E-state index in [1.807, 2.05) is 18.3 Å². The van der Waals surface area contributed by atoms with Gasteiger partial charge in [-0.2, -0.15) is 0 Å². The number of amides is 1. The number of carbonyl (C=O) groups is 1. The summed E-state index contributed by atoms with van der Waals surface area (Å²) >= 11 is 0. The third-order valence-electron chi connectivity index (χ3n) is 3.26. The van der Waals surface area contributed by atoms with Gasteiger partial charge in [0.05, 0.1) is 0 Å². The van der Waals surface area contributed by atoms with E-state index in [2.05, 4.69) is 33.1 Å². The largest absolute Gasteiger partial charge is 0.350 e. The van der Waals surface area contributed by atoms with Gasteiger partial charge >= 0.3 is 0 Å². The normalized spacial score (nSPS) is 10.6. The highest BCUT2D eigenvalue weighted by Crippen LogP contribution is 2.14. The van der Waals surface area contributed by atoms with Crippen LogP contribution < -0.4 is 5.32 Å². The van der Waals surface area contributed by atoms with Gasteiger partial charge in [-0.1, -0.05) is 18.2 Å². The Kier molecular flexibility index (Phi) is 3.46. The van der Waals surface area contributed by atoms with Gasteiger partial charge in [0.1, 0.15) is 0 Å². The van der Waals surface area contributed by atoms with Crippen LogP contribution in [0.4, 0.5) is 0 Å². The van der Waals surface area contributed by atoms with Gasteiger partial charge in [0.15, 0.2) is 0 Å². The summed E-state index contributed by atoms with van der Waals surface area (Å²) in [6.07, 6.45) is 5.28. The first-order valence-electron chi connectivity index (χ1n) is 6.57. The summed E-state index contributed by atoms with van der Waals surface area (Å²) in [7, 11) is 0. The van der Waals surface area contributed by atoms with Crippen molar-refractivity contribution in [2.75, 3.05) is 6.54 Å². The average molecular weight is 265 g/mol. The fourth-order valence-corrected chi connectivity index (χ4v) is 2.23. The minimum atomic E-state index is -0.0659. The predicted octanol–water partition coefficient (Wildman–Crippen LogP) is 2.47. The van der Waals surface area contributed by atoms with Gasteiger partial charge < -0.3 is 9.88 Å². The molecule has 0 aliphatic carbocycles. The molecule has 3 rings (SSSR count). The highest BCUT2D eigenvalue weighted by atomic mass is 16.1. The van der Waals surface area contributed by atoms with E-state index < -0.39 is 0 Å². The Hall–Kier alpha value is -2.62. The lowest BCUT2D eigenvalue weighted by Gasteiger charge is -2.07. The zero-order valence-corrected chi connectivity index (χ0v) is 11.0. The standard InChI is InChI=1S/C16H15N3O/c20-16(14-5-8-17-9-6-14)18-10-12-19-11-7-13-3-1-2-4-15(13)19/h1-9,11H,10,12H2,(H,18,20).